The number of hydrogen-bond donors (Lipinski definition) is 1. The highest BCUT2D eigenvalue weighted by Crippen LogP contribution is 2.18. The summed E-state index contributed by atoms with van der Waals surface area (Å²) in [6.45, 7) is 3.02. The van der Waals surface area contributed by atoms with Gasteiger partial charge in [0.25, 0.3) is 0 Å². The third kappa shape index (κ3) is 2.82. The van der Waals surface area contributed by atoms with E-state index >= 15 is 0 Å². The van der Waals surface area contributed by atoms with Crippen LogP contribution in [0.5, 0.6) is 0 Å². The Morgan fingerprint density at radius 2 is 2.19 bits per heavy atom. The number of benzene rings is 1. The number of alkyl halides is 1. The fourth-order valence-electron chi connectivity index (χ4n) is 2.38. The second-order valence-corrected chi connectivity index (χ2v) is 4.70. The molecule has 0 spiro atoms. The zero-order valence-electron chi connectivity index (χ0n) is 9.88. The standard InChI is InChI=1S/C14H20FN/c1-11-6-2-3-7-12(11)10-13(15)14-8-4-5-9-16-14/h2-3,6-7,13-14,16H,4-5,8-10H2,1H3. The Labute approximate surface area is 97.1 Å². The molecule has 0 bridgehead atoms. The zero-order chi connectivity index (χ0) is 11.4. The van der Waals surface area contributed by atoms with Crippen molar-refractivity contribution in [2.75, 3.05) is 6.54 Å². The molecule has 0 aromatic heterocycles. The van der Waals surface area contributed by atoms with E-state index < -0.39 is 6.17 Å². The van der Waals surface area contributed by atoms with Crippen LogP contribution in [0.15, 0.2) is 24.3 Å². The van der Waals surface area contributed by atoms with Crippen molar-refractivity contribution in [1.82, 2.24) is 5.32 Å². The van der Waals surface area contributed by atoms with Crippen LogP contribution in [0.25, 0.3) is 0 Å². The molecule has 1 aromatic carbocycles. The molecule has 16 heavy (non-hydrogen) atoms. The van der Waals surface area contributed by atoms with Crippen LogP contribution in [0.2, 0.25) is 0 Å². The van der Waals surface area contributed by atoms with Crippen LogP contribution in [0.3, 0.4) is 0 Å². The lowest BCUT2D eigenvalue weighted by Crippen LogP contribution is -2.42. The number of aryl methyl sites for hydroxylation is 1. The lowest BCUT2D eigenvalue weighted by atomic mass is 9.94. The van der Waals surface area contributed by atoms with Gasteiger partial charge in [-0.25, -0.2) is 4.39 Å². The molecule has 1 aliphatic rings. The van der Waals surface area contributed by atoms with Gasteiger partial charge >= 0.3 is 0 Å². The highest BCUT2D eigenvalue weighted by atomic mass is 19.1. The monoisotopic (exact) mass is 221 g/mol. The molecule has 2 heteroatoms. The van der Waals surface area contributed by atoms with Crippen molar-refractivity contribution >= 4 is 0 Å². The summed E-state index contributed by atoms with van der Waals surface area (Å²) in [5.41, 5.74) is 2.34. The summed E-state index contributed by atoms with van der Waals surface area (Å²) in [5, 5.41) is 3.28. The highest BCUT2D eigenvalue weighted by molar-refractivity contribution is 5.26. The molecule has 1 heterocycles. The molecule has 1 N–H and O–H groups in total. The molecule has 0 amide bonds. The molecule has 1 fully saturated rings. The van der Waals surface area contributed by atoms with E-state index in [0.29, 0.717) is 6.42 Å². The van der Waals surface area contributed by atoms with Crippen molar-refractivity contribution < 1.29 is 4.39 Å². The number of nitrogens with one attached hydrogen (secondary N) is 1. The molecule has 1 aromatic rings. The molecule has 1 nitrogen and oxygen atoms in total. The van der Waals surface area contributed by atoms with E-state index in [1.165, 1.54) is 12.0 Å². The van der Waals surface area contributed by atoms with Crippen molar-refractivity contribution in [3.63, 3.8) is 0 Å². The third-order valence-corrected chi connectivity index (χ3v) is 3.46. The van der Waals surface area contributed by atoms with Crippen molar-refractivity contribution in [1.29, 1.82) is 0 Å². The SMILES string of the molecule is Cc1ccccc1CC(F)C1CCCCN1. The normalized spacial score (nSPS) is 23.0. The number of piperidine rings is 1. The smallest absolute Gasteiger partial charge is 0.119 e. The summed E-state index contributed by atoms with van der Waals surface area (Å²) < 4.78 is 14.1. The lowest BCUT2D eigenvalue weighted by Gasteiger charge is -2.26. The van der Waals surface area contributed by atoms with Crippen LogP contribution in [0.4, 0.5) is 4.39 Å². The van der Waals surface area contributed by atoms with Gasteiger partial charge in [-0.2, -0.15) is 0 Å². The summed E-state index contributed by atoms with van der Waals surface area (Å²) in [6, 6.07) is 8.14. The van der Waals surface area contributed by atoms with Gasteiger partial charge in [-0.05, 0) is 37.4 Å². The summed E-state index contributed by atoms with van der Waals surface area (Å²) in [5.74, 6) is 0. The Kier molecular flexibility index (Phi) is 3.94. The predicted molar refractivity (Wildman–Crippen MR) is 65.4 cm³/mol. The van der Waals surface area contributed by atoms with E-state index in [-0.39, 0.29) is 6.04 Å². The number of hydrogen-bond acceptors (Lipinski definition) is 1. The largest absolute Gasteiger partial charge is 0.311 e. The minimum atomic E-state index is -0.749. The molecule has 0 aliphatic carbocycles. The minimum Gasteiger partial charge on any atom is -0.311 e. The van der Waals surface area contributed by atoms with E-state index in [0.717, 1.165) is 24.9 Å². The van der Waals surface area contributed by atoms with Crippen LogP contribution < -0.4 is 5.32 Å². The second-order valence-electron chi connectivity index (χ2n) is 4.70. The van der Waals surface area contributed by atoms with E-state index in [1.54, 1.807) is 0 Å². The summed E-state index contributed by atoms with van der Waals surface area (Å²) in [6.07, 6.45) is 3.12. The van der Waals surface area contributed by atoms with Gasteiger partial charge in [0.2, 0.25) is 0 Å². The van der Waals surface area contributed by atoms with E-state index in [1.807, 2.05) is 18.2 Å². The fourth-order valence-corrected chi connectivity index (χ4v) is 2.38. The Morgan fingerprint density at radius 1 is 1.38 bits per heavy atom. The van der Waals surface area contributed by atoms with Gasteiger partial charge < -0.3 is 5.32 Å². The quantitative estimate of drug-likeness (QED) is 0.827. The predicted octanol–water partition coefficient (Wildman–Crippen LogP) is 3.02. The molecular weight excluding hydrogens is 201 g/mol. The van der Waals surface area contributed by atoms with E-state index in [2.05, 4.69) is 18.3 Å². The van der Waals surface area contributed by atoms with Crippen LogP contribution in [-0.4, -0.2) is 18.8 Å². The number of rotatable bonds is 3. The fraction of sp³-hybridized carbons (Fsp3) is 0.571. The average Bonchev–Trinajstić information content (AvgIpc) is 2.33. The van der Waals surface area contributed by atoms with E-state index in [9.17, 15) is 4.39 Å². The first kappa shape index (κ1) is 11.6. The maximum Gasteiger partial charge on any atom is 0.119 e. The first-order chi connectivity index (χ1) is 7.77. The molecule has 0 radical (unpaired) electrons. The van der Waals surface area contributed by atoms with Gasteiger partial charge in [-0.15, -0.1) is 0 Å². The van der Waals surface area contributed by atoms with Gasteiger partial charge in [0.15, 0.2) is 0 Å². The molecule has 2 rings (SSSR count). The molecule has 1 aliphatic heterocycles. The lowest BCUT2D eigenvalue weighted by molar-refractivity contribution is 0.217. The Balaban J connectivity index is 1.96. The highest BCUT2D eigenvalue weighted by Gasteiger charge is 2.23. The van der Waals surface area contributed by atoms with Gasteiger partial charge in [-0.3, -0.25) is 0 Å². The maximum absolute atomic E-state index is 14.1. The van der Waals surface area contributed by atoms with Gasteiger partial charge in [0.05, 0.1) is 0 Å². The third-order valence-electron chi connectivity index (χ3n) is 3.46. The maximum atomic E-state index is 14.1. The van der Waals surface area contributed by atoms with Crippen LogP contribution in [0.1, 0.15) is 30.4 Å². The molecule has 2 atom stereocenters. The van der Waals surface area contributed by atoms with Gasteiger partial charge in [-0.1, -0.05) is 30.7 Å². The Bertz CT molecular complexity index is 331. The molecular formula is C14H20FN. The Morgan fingerprint density at radius 3 is 2.88 bits per heavy atom. The van der Waals surface area contributed by atoms with Crippen molar-refractivity contribution in [2.45, 2.75) is 44.8 Å². The first-order valence-corrected chi connectivity index (χ1v) is 6.19. The zero-order valence-corrected chi connectivity index (χ0v) is 9.88. The van der Waals surface area contributed by atoms with Crippen molar-refractivity contribution in [2.24, 2.45) is 0 Å². The molecule has 2 unspecified atom stereocenters. The topological polar surface area (TPSA) is 12.0 Å². The minimum absolute atomic E-state index is 0.0633. The van der Waals surface area contributed by atoms with Crippen molar-refractivity contribution in [3.05, 3.63) is 35.4 Å². The van der Waals surface area contributed by atoms with Gasteiger partial charge in [0.1, 0.15) is 6.17 Å². The van der Waals surface area contributed by atoms with Crippen LogP contribution in [0, 0.1) is 6.92 Å². The second kappa shape index (κ2) is 5.44. The van der Waals surface area contributed by atoms with E-state index in [4.69, 9.17) is 0 Å². The molecule has 0 saturated carbocycles. The number of halogens is 1. The summed E-state index contributed by atoms with van der Waals surface area (Å²) >= 11 is 0. The molecule has 88 valence electrons. The van der Waals surface area contributed by atoms with Crippen molar-refractivity contribution in [3.8, 4) is 0 Å². The van der Waals surface area contributed by atoms with Crippen LogP contribution >= 0.6 is 0 Å². The average molecular weight is 221 g/mol. The first-order valence-electron chi connectivity index (χ1n) is 6.19. The van der Waals surface area contributed by atoms with Crippen LogP contribution in [-0.2, 0) is 6.42 Å². The molecule has 1 saturated heterocycles. The summed E-state index contributed by atoms with van der Waals surface area (Å²) in [4.78, 5) is 0. The van der Waals surface area contributed by atoms with Gasteiger partial charge in [0, 0.05) is 12.5 Å². The Hall–Kier alpha value is -0.890. The summed E-state index contributed by atoms with van der Waals surface area (Å²) in [7, 11) is 0.